The molecule has 27 heavy (non-hydrogen) atoms. The Morgan fingerprint density at radius 1 is 1.52 bits per heavy atom. The summed E-state index contributed by atoms with van der Waals surface area (Å²) in [5.41, 5.74) is -0.0211. The van der Waals surface area contributed by atoms with E-state index in [1.165, 1.54) is 6.92 Å². The van der Waals surface area contributed by atoms with Crippen LogP contribution in [0.3, 0.4) is 0 Å². The molecule has 1 aliphatic heterocycles. The van der Waals surface area contributed by atoms with Gasteiger partial charge >= 0.3 is 11.9 Å². The van der Waals surface area contributed by atoms with E-state index in [0.29, 0.717) is 0 Å². The van der Waals surface area contributed by atoms with Crippen LogP contribution in [-0.2, 0) is 34.8 Å². The number of ether oxygens (including phenoxy) is 1. The Labute approximate surface area is 172 Å². The van der Waals surface area contributed by atoms with E-state index in [-0.39, 0.29) is 16.8 Å². The second-order valence-electron chi connectivity index (χ2n) is 5.63. The Balaban J connectivity index is 2.20. The smallest absolute Gasteiger partial charge is 0.345 e. The number of nitrogens with zero attached hydrogens (tertiary/aromatic N) is 2. The molecule has 1 unspecified atom stereocenters. The third-order valence-electron chi connectivity index (χ3n) is 3.73. The van der Waals surface area contributed by atoms with Gasteiger partial charge in [-0.3, -0.25) is 14.9 Å². The first-order chi connectivity index (χ1) is 13.1. The van der Waals surface area contributed by atoms with Gasteiger partial charge in [-0.1, -0.05) is 33.7 Å². The first-order valence-electron chi connectivity index (χ1n) is 7.91. The van der Waals surface area contributed by atoms with Crippen molar-refractivity contribution in [1.29, 1.82) is 1.34 Å². The first-order valence-corrected chi connectivity index (χ1v) is 10.5. The van der Waals surface area contributed by atoms with E-state index in [4.69, 9.17) is 17.3 Å². The molecule has 1 heterocycles. The largest absolute Gasteiger partial charge is 0.388 e. The predicted molar refractivity (Wildman–Crippen MR) is 107 cm³/mol. The van der Waals surface area contributed by atoms with Crippen LogP contribution in [0.25, 0.3) is 0 Å². The molecule has 0 aromatic heterocycles. The lowest BCUT2D eigenvalue weighted by Crippen LogP contribution is -2.68. The van der Waals surface area contributed by atoms with E-state index in [2.05, 4.69) is 22.5 Å². The second-order valence-corrected chi connectivity index (χ2v) is 8.91. The molecule has 0 spiro atoms. The summed E-state index contributed by atoms with van der Waals surface area (Å²) < 4.78 is 12.2. The summed E-state index contributed by atoms with van der Waals surface area (Å²) in [6, 6.07) is 3.28. The van der Waals surface area contributed by atoms with E-state index in [9.17, 15) is 24.5 Å². The number of carbonyl (C=O) groups excluding carboxylic acids is 3. The van der Waals surface area contributed by atoms with Crippen molar-refractivity contribution in [2.75, 3.05) is 0 Å². The van der Waals surface area contributed by atoms with E-state index in [1.807, 2.05) is 0 Å². The van der Waals surface area contributed by atoms with Crippen molar-refractivity contribution in [2.24, 2.45) is 0 Å². The Hall–Kier alpha value is -1.92. The minimum atomic E-state index is -1.24. The average Bonchev–Trinajstić information content (AvgIpc) is 2.66. The molecule has 2 rings (SSSR count). The van der Waals surface area contributed by atoms with Crippen LogP contribution < -0.4 is 0 Å². The molecule has 1 aliphatic rings. The number of esters is 2. The van der Waals surface area contributed by atoms with Crippen molar-refractivity contribution in [3.63, 3.8) is 0 Å². The third kappa shape index (κ3) is 4.33. The molecule has 0 aliphatic carbocycles. The zero-order chi connectivity index (χ0) is 21.2. The monoisotopic (exact) mass is 473 g/mol. The summed E-state index contributed by atoms with van der Waals surface area (Å²) in [6.07, 6.45) is 0. The third-order valence-corrected chi connectivity index (χ3v) is 6.54. The number of hydrogen-bond acceptors (Lipinski definition) is 7. The lowest BCUT2D eigenvalue weighted by molar-refractivity contribution is -0.384. The number of carbonyl (C=O) groups is 3. The van der Waals surface area contributed by atoms with Gasteiger partial charge in [-0.25, -0.2) is 9.59 Å². The molecule has 12 heteroatoms. The van der Waals surface area contributed by atoms with Crippen molar-refractivity contribution >= 4 is 67.0 Å². The van der Waals surface area contributed by atoms with E-state index in [1.54, 1.807) is 0 Å². The van der Waals surface area contributed by atoms with Gasteiger partial charge < -0.3 is 9.64 Å². The molecule has 1 radical (unpaired) electrons. The van der Waals surface area contributed by atoms with Gasteiger partial charge in [0.2, 0.25) is 5.91 Å². The fourth-order valence-electron chi connectivity index (χ4n) is 2.43. The molecule has 1 aromatic carbocycles. The molecule has 0 bridgehead atoms. The number of benzene rings is 1. The highest BCUT2D eigenvalue weighted by Gasteiger charge is 2.52. The molecule has 0 N–H and O–H groups in total. The quantitative estimate of drug-likeness (QED) is 0.0851. The molecule has 0 saturated carbocycles. The number of alkyl halides is 1. The molecular formula is C15H13BBrN2O6S2. The van der Waals surface area contributed by atoms with Gasteiger partial charge in [0.05, 0.1) is 15.9 Å². The maximum absolute atomic E-state index is 12.6. The number of likely N-dealkylation sites (tertiary alicyclic amines) is 1. The summed E-state index contributed by atoms with van der Waals surface area (Å²) in [5, 5.41) is 10.0. The SMILES string of the molecule is [3H][B][S@@](=S)C1[C@@H](Br)C(=O)N1[C@H](C(=C)C)C(=O)OC(=O)c1ccc([N+](=O)[O-])cc1. The number of amides is 1. The first kappa shape index (κ1) is 19.8. The van der Waals surface area contributed by atoms with Gasteiger partial charge in [0.1, 0.15) is 4.83 Å². The number of nitro benzene ring substituents is 1. The minimum absolute atomic E-state index is 0.0632. The fourth-order valence-corrected chi connectivity index (χ4v) is 5.46. The van der Waals surface area contributed by atoms with Crippen molar-refractivity contribution in [3.05, 3.63) is 52.1 Å². The van der Waals surface area contributed by atoms with Crippen LogP contribution in [0.2, 0.25) is 0 Å². The van der Waals surface area contributed by atoms with Crippen molar-refractivity contribution in [3.8, 4) is 0 Å². The molecule has 141 valence electrons. The lowest BCUT2D eigenvalue weighted by Gasteiger charge is -2.48. The molecular weight excluding hydrogens is 459 g/mol. The highest BCUT2D eigenvalue weighted by molar-refractivity contribution is 9.10. The Kier molecular flexibility index (Phi) is 6.17. The molecule has 1 saturated heterocycles. The summed E-state index contributed by atoms with van der Waals surface area (Å²) >= 11 is 8.35. The van der Waals surface area contributed by atoms with Crippen LogP contribution in [0.4, 0.5) is 5.69 Å². The van der Waals surface area contributed by atoms with Crippen LogP contribution in [0.15, 0.2) is 36.4 Å². The second kappa shape index (κ2) is 8.40. The fraction of sp³-hybridized carbons (Fsp3) is 0.267. The van der Waals surface area contributed by atoms with Gasteiger partial charge in [-0.15, -0.1) is 9.31 Å². The zero-order valence-corrected chi connectivity index (χ0v) is 17.1. The van der Waals surface area contributed by atoms with Crippen molar-refractivity contribution < 1.29 is 24.0 Å². The maximum Gasteiger partial charge on any atom is 0.345 e. The highest BCUT2D eigenvalue weighted by Crippen LogP contribution is 2.33. The standard InChI is InChI=1S/C15H13BBrN2O6S2/c1-7(2)11(18-12(20)10(17)13(18)27(16)26)15(22)25-14(21)8-3-5-9(6-4-8)19(23)24/h3-6,10-11,13,16H,1H2,2H3/t10-,11+,13?,27-/m0/s1/i16T. The normalized spacial score (nSPS) is 21.3. The Morgan fingerprint density at radius 3 is 2.59 bits per heavy atom. The number of non-ortho nitro benzene ring substituents is 1. The number of β-lactam (4-membered cyclic amide) rings is 1. The van der Waals surface area contributed by atoms with Gasteiger partial charge in [0, 0.05) is 12.1 Å². The van der Waals surface area contributed by atoms with Gasteiger partial charge in [0.15, 0.2) is 13.1 Å². The Bertz CT molecular complexity index is 884. The summed E-state index contributed by atoms with van der Waals surface area (Å²) in [7, 11) is -0.0293. The van der Waals surface area contributed by atoms with Gasteiger partial charge in [0.25, 0.3) is 5.69 Å². The van der Waals surface area contributed by atoms with Crippen molar-refractivity contribution in [2.45, 2.75) is 23.2 Å². The van der Waals surface area contributed by atoms with Gasteiger partial charge in [-0.05, 0) is 26.0 Å². The summed E-state index contributed by atoms with van der Waals surface area (Å²) in [4.78, 5) is 47.6. The Morgan fingerprint density at radius 2 is 2.11 bits per heavy atom. The molecule has 1 amide bonds. The lowest BCUT2D eigenvalue weighted by atomic mass is 10.0. The molecule has 1 aromatic rings. The molecule has 8 nitrogen and oxygen atoms in total. The van der Waals surface area contributed by atoms with E-state index in [0.717, 1.165) is 36.3 Å². The summed E-state index contributed by atoms with van der Waals surface area (Å²) in [6.45, 7) is 5.19. The van der Waals surface area contributed by atoms with Crippen LogP contribution in [0.1, 0.15) is 17.3 Å². The topological polar surface area (TPSA) is 107 Å². The number of hydrogen-bond donors (Lipinski definition) is 0. The molecule has 4 atom stereocenters. The average molecular weight is 474 g/mol. The van der Waals surface area contributed by atoms with Crippen LogP contribution in [0, 0.1) is 10.1 Å². The maximum atomic E-state index is 12.6. The predicted octanol–water partition coefficient (Wildman–Crippen LogP) is 1.05. The number of nitro groups is 1. The van der Waals surface area contributed by atoms with Crippen LogP contribution >= 0.6 is 15.9 Å². The van der Waals surface area contributed by atoms with Gasteiger partial charge in [-0.2, -0.15) is 0 Å². The van der Waals surface area contributed by atoms with Crippen LogP contribution in [-0.4, -0.2) is 52.3 Å². The zero-order valence-electron chi connectivity index (χ0n) is 14.9. The van der Waals surface area contributed by atoms with E-state index >= 15 is 0 Å². The molecule has 1 fully saturated rings. The van der Waals surface area contributed by atoms with Crippen molar-refractivity contribution in [1.82, 2.24) is 4.90 Å². The van der Waals surface area contributed by atoms with Crippen LogP contribution in [0.5, 0.6) is 0 Å². The summed E-state index contributed by atoms with van der Waals surface area (Å²) in [5.74, 6) is -2.47. The number of halogens is 1. The van der Waals surface area contributed by atoms with E-state index < -0.39 is 48.3 Å². The highest BCUT2D eigenvalue weighted by atomic mass is 79.9. The number of rotatable bonds is 7. The minimum Gasteiger partial charge on any atom is -0.388 e.